The molecular weight excluding hydrogens is 566 g/mol. The summed E-state index contributed by atoms with van der Waals surface area (Å²) < 4.78 is 31.8. The highest BCUT2D eigenvalue weighted by Gasteiger charge is 2.49. The molecule has 3 heterocycles. The predicted molar refractivity (Wildman–Crippen MR) is 155 cm³/mol. The van der Waals surface area contributed by atoms with Crippen LogP contribution in [0, 0.1) is 6.92 Å². The highest BCUT2D eigenvalue weighted by atomic mass is 35.5. The second-order valence-corrected chi connectivity index (χ2v) is 13.1. The molecule has 0 saturated carbocycles. The maximum absolute atomic E-state index is 13.3. The average Bonchev–Trinajstić information content (AvgIpc) is 3.42. The number of aryl methyl sites for hydroxylation is 2. The molecule has 41 heavy (non-hydrogen) atoms. The average molecular weight is 598 g/mol. The number of ether oxygens (including phenoxy) is 1. The molecule has 2 aromatic carbocycles. The van der Waals surface area contributed by atoms with E-state index in [1.807, 2.05) is 31.0 Å². The minimum atomic E-state index is -3.40. The molecule has 1 unspecified atom stereocenters. The molecule has 1 saturated heterocycles. The molecule has 1 aromatic heterocycles. The summed E-state index contributed by atoms with van der Waals surface area (Å²) in [6.45, 7) is 3.33. The van der Waals surface area contributed by atoms with Crippen LogP contribution >= 0.6 is 11.6 Å². The second kappa shape index (κ2) is 11.0. The van der Waals surface area contributed by atoms with E-state index in [0.717, 1.165) is 17.5 Å². The number of halogens is 1. The number of nitrogens with one attached hydrogen (secondary N) is 1. The van der Waals surface area contributed by atoms with E-state index >= 15 is 0 Å². The lowest BCUT2D eigenvalue weighted by atomic mass is 9.86. The Balaban J connectivity index is 1.38. The van der Waals surface area contributed by atoms with E-state index < -0.39 is 21.4 Å². The number of rotatable bonds is 7. The van der Waals surface area contributed by atoms with Crippen molar-refractivity contribution in [2.45, 2.75) is 36.8 Å². The number of aromatic nitrogens is 2. The first-order valence-electron chi connectivity index (χ1n) is 13.2. The molecule has 5 rings (SSSR count). The maximum atomic E-state index is 13.3. The number of benzene rings is 2. The van der Waals surface area contributed by atoms with Gasteiger partial charge in [-0.05, 0) is 73.3 Å². The number of amides is 1. The van der Waals surface area contributed by atoms with Gasteiger partial charge in [-0.1, -0.05) is 23.7 Å². The van der Waals surface area contributed by atoms with Crippen molar-refractivity contribution in [3.05, 3.63) is 76.2 Å². The predicted octanol–water partition coefficient (Wildman–Crippen LogP) is 2.83. The zero-order valence-electron chi connectivity index (χ0n) is 23.1. The van der Waals surface area contributed by atoms with Crippen molar-refractivity contribution < 1.29 is 22.7 Å². The Hall–Kier alpha value is -3.67. The Kier molecular flexibility index (Phi) is 7.71. The molecule has 2 aliphatic rings. The Morgan fingerprint density at radius 2 is 2.00 bits per heavy atom. The van der Waals surface area contributed by atoms with Gasteiger partial charge in [-0.2, -0.15) is 5.10 Å². The highest BCUT2D eigenvalue weighted by Crippen LogP contribution is 2.43. The van der Waals surface area contributed by atoms with Gasteiger partial charge in [0.15, 0.2) is 15.4 Å². The summed E-state index contributed by atoms with van der Waals surface area (Å²) in [6, 6.07) is 11.9. The van der Waals surface area contributed by atoms with E-state index in [0.29, 0.717) is 59.9 Å². The number of carbonyl (C=O) groups is 2. The summed E-state index contributed by atoms with van der Waals surface area (Å²) in [7, 11) is -1.58. The molecule has 12 heteroatoms. The molecule has 1 amide bonds. The molecule has 3 N–H and O–H groups in total. The third-order valence-corrected chi connectivity index (χ3v) is 9.12. The monoisotopic (exact) mass is 597 g/mol. The summed E-state index contributed by atoms with van der Waals surface area (Å²) in [6.07, 6.45) is 4.08. The van der Waals surface area contributed by atoms with Gasteiger partial charge in [-0.15, -0.1) is 0 Å². The number of carbonyl (C=O) groups excluding carboxylic acids is 2. The zero-order valence-corrected chi connectivity index (χ0v) is 24.7. The maximum Gasteiger partial charge on any atom is 0.341 e. The minimum absolute atomic E-state index is 0.145. The number of hydrogen-bond donors (Lipinski definition) is 2. The topological polar surface area (TPSA) is 137 Å². The van der Waals surface area contributed by atoms with Crippen LogP contribution in [-0.2, 0) is 37.8 Å². The lowest BCUT2D eigenvalue weighted by Gasteiger charge is -2.39. The van der Waals surface area contributed by atoms with Gasteiger partial charge in [0, 0.05) is 36.6 Å². The van der Waals surface area contributed by atoms with Crippen LogP contribution in [0.5, 0.6) is 0 Å². The van der Waals surface area contributed by atoms with Crippen molar-refractivity contribution >= 4 is 38.9 Å². The summed E-state index contributed by atoms with van der Waals surface area (Å²) in [5.74, 6) is -0.676. The van der Waals surface area contributed by atoms with E-state index in [-0.39, 0.29) is 22.9 Å². The molecular formula is C29H32ClN5O5S. The van der Waals surface area contributed by atoms with Crippen molar-refractivity contribution in [1.29, 1.82) is 0 Å². The number of hydrogen-bond acceptors (Lipinski definition) is 8. The van der Waals surface area contributed by atoms with Gasteiger partial charge in [0.1, 0.15) is 0 Å². The quantitative estimate of drug-likeness (QED) is 0.397. The Bertz CT molecular complexity index is 1680. The fourth-order valence-electron chi connectivity index (χ4n) is 5.51. The van der Waals surface area contributed by atoms with Crippen LogP contribution in [0.2, 0.25) is 5.02 Å². The molecule has 3 aromatic rings. The summed E-state index contributed by atoms with van der Waals surface area (Å²) in [5.41, 5.74) is 9.69. The summed E-state index contributed by atoms with van der Waals surface area (Å²) in [5, 5.41) is 7.37. The van der Waals surface area contributed by atoms with E-state index in [9.17, 15) is 18.0 Å². The molecule has 1 fully saturated rings. The third kappa shape index (κ3) is 5.74. The first-order chi connectivity index (χ1) is 19.4. The summed E-state index contributed by atoms with van der Waals surface area (Å²) in [4.78, 5) is 28.1. The Labute approximate surface area is 244 Å². The number of sulfone groups is 1. The van der Waals surface area contributed by atoms with Crippen LogP contribution in [0.4, 0.5) is 0 Å². The van der Waals surface area contributed by atoms with Crippen molar-refractivity contribution in [3.8, 4) is 11.1 Å². The molecule has 2 aliphatic heterocycles. The van der Waals surface area contributed by atoms with E-state index in [4.69, 9.17) is 22.1 Å². The van der Waals surface area contributed by atoms with E-state index in [1.165, 1.54) is 6.07 Å². The van der Waals surface area contributed by atoms with Crippen LogP contribution in [0.3, 0.4) is 0 Å². The van der Waals surface area contributed by atoms with Gasteiger partial charge in [0.2, 0.25) is 5.91 Å². The van der Waals surface area contributed by atoms with Crippen molar-refractivity contribution in [3.63, 3.8) is 0 Å². The van der Waals surface area contributed by atoms with E-state index in [1.54, 1.807) is 35.1 Å². The normalized spacial score (nSPS) is 19.6. The smallest absolute Gasteiger partial charge is 0.341 e. The fraction of sp³-hybridized carbons (Fsp3) is 0.345. The fourth-order valence-corrected chi connectivity index (χ4v) is 6.45. The van der Waals surface area contributed by atoms with Crippen LogP contribution in [0.15, 0.2) is 59.3 Å². The lowest BCUT2D eigenvalue weighted by Crippen LogP contribution is -2.53. The number of nitrogens with two attached hydrogens (primary N) is 1. The number of likely N-dealkylation sites (tertiary alicyclic amines) is 1. The number of esters is 1. The van der Waals surface area contributed by atoms with Gasteiger partial charge in [-0.3, -0.25) is 14.4 Å². The van der Waals surface area contributed by atoms with Gasteiger partial charge in [0.05, 0.1) is 34.9 Å². The SMILES string of the molecule is Cc1cc(-c2cccc(S(C)(=O)=O)c2)c(Cl)cc1C1=C(N)C2(CCCN(CC(=O)NCc3ccnn3C)C2)OC1=O. The van der Waals surface area contributed by atoms with Crippen molar-refractivity contribution in [2.75, 3.05) is 25.9 Å². The van der Waals surface area contributed by atoms with Gasteiger partial charge < -0.3 is 15.8 Å². The second-order valence-electron chi connectivity index (χ2n) is 10.7. The third-order valence-electron chi connectivity index (χ3n) is 7.70. The van der Waals surface area contributed by atoms with Crippen LogP contribution in [0.1, 0.15) is 29.7 Å². The Morgan fingerprint density at radius 3 is 2.71 bits per heavy atom. The minimum Gasteiger partial charge on any atom is -0.448 e. The molecule has 216 valence electrons. The standard InChI is InChI=1S/C29H32ClN5O5S/c1-18-12-23(19-6-4-7-21(13-19)41(3,38)39)24(30)14-22(18)26-27(31)29(40-28(26)37)9-5-11-35(17-29)16-25(36)32-15-20-8-10-33-34(20)2/h4,6-8,10,12-14H,5,9,11,15-17,31H2,1-3H3,(H,32,36). The first-order valence-corrected chi connectivity index (χ1v) is 15.5. The highest BCUT2D eigenvalue weighted by molar-refractivity contribution is 7.90. The molecule has 1 spiro atoms. The molecule has 0 radical (unpaired) electrons. The van der Waals surface area contributed by atoms with Crippen LogP contribution < -0.4 is 11.1 Å². The van der Waals surface area contributed by atoms with Crippen LogP contribution in [0.25, 0.3) is 16.7 Å². The first kappa shape index (κ1) is 28.8. The zero-order chi connectivity index (χ0) is 29.5. The molecule has 10 nitrogen and oxygen atoms in total. The summed E-state index contributed by atoms with van der Waals surface area (Å²) >= 11 is 6.69. The van der Waals surface area contributed by atoms with Crippen molar-refractivity contribution in [2.24, 2.45) is 12.8 Å². The van der Waals surface area contributed by atoms with Gasteiger partial charge >= 0.3 is 5.97 Å². The number of nitrogens with zero attached hydrogens (tertiary/aromatic N) is 3. The Morgan fingerprint density at radius 1 is 1.22 bits per heavy atom. The molecule has 1 atom stereocenters. The number of piperidine rings is 1. The van der Waals surface area contributed by atoms with Crippen LogP contribution in [-0.4, -0.2) is 66.5 Å². The van der Waals surface area contributed by atoms with Gasteiger partial charge in [0.25, 0.3) is 0 Å². The van der Waals surface area contributed by atoms with Gasteiger partial charge in [-0.25, -0.2) is 13.2 Å². The molecule has 0 aliphatic carbocycles. The van der Waals surface area contributed by atoms with Crippen molar-refractivity contribution in [1.82, 2.24) is 20.0 Å². The van der Waals surface area contributed by atoms with E-state index in [2.05, 4.69) is 10.4 Å². The largest absolute Gasteiger partial charge is 0.448 e. The lowest BCUT2D eigenvalue weighted by molar-refractivity contribution is -0.149. The molecule has 0 bridgehead atoms.